The third kappa shape index (κ3) is 4.22. The van der Waals surface area contributed by atoms with Crippen molar-refractivity contribution in [3.63, 3.8) is 0 Å². The summed E-state index contributed by atoms with van der Waals surface area (Å²) in [6.07, 6.45) is 6.31. The molecule has 1 aliphatic heterocycles. The van der Waals surface area contributed by atoms with Crippen molar-refractivity contribution in [2.75, 3.05) is 20.1 Å². The number of rotatable bonds is 4. The van der Waals surface area contributed by atoms with Gasteiger partial charge in [-0.05, 0) is 24.3 Å². The summed E-state index contributed by atoms with van der Waals surface area (Å²) in [4.78, 5) is 11.4. The van der Waals surface area contributed by atoms with Gasteiger partial charge in [0, 0.05) is 45.4 Å². The van der Waals surface area contributed by atoms with E-state index in [1.54, 1.807) is 0 Å². The quantitative estimate of drug-likeness (QED) is 0.572. The maximum atomic E-state index is 6.08. The molecular formula is C21H25N5O. The van der Waals surface area contributed by atoms with Gasteiger partial charge in [-0.1, -0.05) is 24.3 Å². The summed E-state index contributed by atoms with van der Waals surface area (Å²) >= 11 is 0. The van der Waals surface area contributed by atoms with Crippen LogP contribution in [0.3, 0.4) is 0 Å². The number of imidazole rings is 1. The molecule has 0 spiro atoms. The largest absolute Gasteiger partial charge is 0.490 e. The van der Waals surface area contributed by atoms with Crippen molar-refractivity contribution in [3.8, 4) is 5.75 Å². The van der Waals surface area contributed by atoms with Crippen LogP contribution in [0.15, 0.2) is 65.9 Å². The molecule has 2 aromatic heterocycles. The summed E-state index contributed by atoms with van der Waals surface area (Å²) in [6, 6.07) is 16.1. The van der Waals surface area contributed by atoms with Crippen LogP contribution in [0.2, 0.25) is 0 Å². The minimum absolute atomic E-state index is 0.264. The number of hydrogen-bond donors (Lipinski definition) is 1. The fraction of sp³-hybridized carbons (Fsp3) is 0.333. The van der Waals surface area contributed by atoms with Gasteiger partial charge in [0.15, 0.2) is 5.96 Å². The minimum Gasteiger partial charge on any atom is -0.490 e. The highest BCUT2D eigenvalue weighted by atomic mass is 16.5. The normalized spacial score (nSPS) is 15.9. The molecule has 1 fully saturated rings. The van der Waals surface area contributed by atoms with Crippen molar-refractivity contribution < 1.29 is 4.74 Å². The Bertz CT molecular complexity index is 864. The van der Waals surface area contributed by atoms with E-state index in [4.69, 9.17) is 4.74 Å². The Balaban J connectivity index is 1.30. The fourth-order valence-electron chi connectivity index (χ4n) is 3.45. The lowest BCUT2D eigenvalue weighted by atomic mass is 10.1. The van der Waals surface area contributed by atoms with Crippen LogP contribution >= 0.6 is 0 Å². The Hall–Kier alpha value is -3.02. The van der Waals surface area contributed by atoms with Crippen LogP contribution in [0, 0.1) is 0 Å². The van der Waals surface area contributed by atoms with E-state index in [0.29, 0.717) is 6.54 Å². The van der Waals surface area contributed by atoms with Gasteiger partial charge in [0.05, 0.1) is 12.2 Å². The van der Waals surface area contributed by atoms with Gasteiger partial charge >= 0.3 is 0 Å². The van der Waals surface area contributed by atoms with E-state index in [0.717, 1.165) is 49.0 Å². The number of nitrogens with one attached hydrogen (secondary N) is 1. The summed E-state index contributed by atoms with van der Waals surface area (Å²) in [6.45, 7) is 2.53. The van der Waals surface area contributed by atoms with Crippen LogP contribution in [0.25, 0.3) is 5.65 Å². The number of aliphatic imine (C=N–C) groups is 1. The molecule has 0 unspecified atom stereocenters. The predicted octanol–water partition coefficient (Wildman–Crippen LogP) is 2.95. The van der Waals surface area contributed by atoms with Crippen molar-refractivity contribution in [1.82, 2.24) is 19.6 Å². The number of piperidine rings is 1. The topological polar surface area (TPSA) is 54.2 Å². The number of guanidine groups is 1. The van der Waals surface area contributed by atoms with Crippen LogP contribution in [0.1, 0.15) is 18.5 Å². The predicted molar refractivity (Wildman–Crippen MR) is 107 cm³/mol. The van der Waals surface area contributed by atoms with Gasteiger partial charge in [-0.25, -0.2) is 4.98 Å². The van der Waals surface area contributed by atoms with Crippen LogP contribution in [-0.2, 0) is 6.54 Å². The Kier molecular flexibility index (Phi) is 5.23. The zero-order valence-electron chi connectivity index (χ0n) is 15.6. The van der Waals surface area contributed by atoms with Crippen LogP contribution < -0.4 is 10.1 Å². The molecule has 0 saturated carbocycles. The van der Waals surface area contributed by atoms with Crippen LogP contribution in [0.4, 0.5) is 0 Å². The third-order valence-electron chi connectivity index (χ3n) is 4.84. The molecule has 3 aromatic rings. The van der Waals surface area contributed by atoms with Gasteiger partial charge in [-0.3, -0.25) is 4.99 Å². The Morgan fingerprint density at radius 3 is 2.67 bits per heavy atom. The summed E-state index contributed by atoms with van der Waals surface area (Å²) in [5, 5.41) is 3.44. The number of ether oxygens (including phenoxy) is 1. The van der Waals surface area contributed by atoms with Crippen molar-refractivity contribution >= 4 is 11.6 Å². The maximum Gasteiger partial charge on any atom is 0.193 e. The highest BCUT2D eigenvalue weighted by Crippen LogP contribution is 2.18. The first-order valence-electron chi connectivity index (χ1n) is 9.42. The van der Waals surface area contributed by atoms with Crippen molar-refractivity contribution in [3.05, 3.63) is 66.6 Å². The Labute approximate surface area is 159 Å². The van der Waals surface area contributed by atoms with E-state index in [-0.39, 0.29) is 6.10 Å². The molecule has 0 bridgehead atoms. The van der Waals surface area contributed by atoms with Crippen LogP contribution in [-0.4, -0.2) is 46.5 Å². The molecule has 1 saturated heterocycles. The molecule has 1 aliphatic rings. The van der Waals surface area contributed by atoms with E-state index in [1.807, 2.05) is 66.2 Å². The van der Waals surface area contributed by atoms with Gasteiger partial charge in [0.1, 0.15) is 17.5 Å². The molecule has 27 heavy (non-hydrogen) atoms. The number of para-hydroxylation sites is 1. The second-order valence-electron chi connectivity index (χ2n) is 6.72. The third-order valence-corrected chi connectivity index (χ3v) is 4.84. The molecule has 4 rings (SSSR count). The number of pyridine rings is 1. The van der Waals surface area contributed by atoms with Gasteiger partial charge in [0.2, 0.25) is 0 Å². The lowest BCUT2D eigenvalue weighted by molar-refractivity contribution is 0.129. The first-order chi connectivity index (χ1) is 13.3. The zero-order chi connectivity index (χ0) is 18.5. The van der Waals surface area contributed by atoms with E-state index < -0.39 is 0 Å². The second kappa shape index (κ2) is 8.12. The van der Waals surface area contributed by atoms with Crippen molar-refractivity contribution in [2.24, 2.45) is 4.99 Å². The first kappa shape index (κ1) is 17.4. The van der Waals surface area contributed by atoms with E-state index in [1.165, 1.54) is 0 Å². The smallest absolute Gasteiger partial charge is 0.193 e. The zero-order valence-corrected chi connectivity index (χ0v) is 15.6. The molecule has 6 nitrogen and oxygen atoms in total. The molecule has 0 amide bonds. The number of likely N-dealkylation sites (tertiary alicyclic amines) is 1. The molecular weight excluding hydrogens is 338 g/mol. The fourth-order valence-corrected chi connectivity index (χ4v) is 3.45. The standard InChI is InChI=1S/C21H25N5O/c1-22-21(23-15-17-16-26-12-6-5-9-20(26)24-17)25-13-10-19(11-14-25)27-18-7-3-2-4-8-18/h2-9,12,16,19H,10-11,13-15H2,1H3,(H,22,23). The van der Waals surface area contributed by atoms with E-state index >= 15 is 0 Å². The molecule has 1 aromatic carbocycles. The van der Waals surface area contributed by atoms with Gasteiger partial charge < -0.3 is 19.4 Å². The summed E-state index contributed by atoms with van der Waals surface area (Å²) in [5.74, 6) is 1.87. The highest BCUT2D eigenvalue weighted by Gasteiger charge is 2.22. The Morgan fingerprint density at radius 2 is 1.93 bits per heavy atom. The molecule has 0 radical (unpaired) electrons. The molecule has 140 valence electrons. The van der Waals surface area contributed by atoms with Crippen molar-refractivity contribution in [1.29, 1.82) is 0 Å². The van der Waals surface area contributed by atoms with Gasteiger partial charge in [0.25, 0.3) is 0 Å². The molecule has 0 aliphatic carbocycles. The lowest BCUT2D eigenvalue weighted by Crippen LogP contribution is -2.47. The van der Waals surface area contributed by atoms with E-state index in [2.05, 4.69) is 26.4 Å². The molecule has 1 N–H and O–H groups in total. The average Bonchev–Trinajstić information content (AvgIpc) is 3.13. The van der Waals surface area contributed by atoms with Crippen LogP contribution in [0.5, 0.6) is 5.75 Å². The average molecular weight is 363 g/mol. The Morgan fingerprint density at radius 1 is 1.15 bits per heavy atom. The number of hydrogen-bond acceptors (Lipinski definition) is 3. The number of benzene rings is 1. The maximum absolute atomic E-state index is 6.08. The van der Waals surface area contributed by atoms with E-state index in [9.17, 15) is 0 Å². The summed E-state index contributed by atoms with van der Waals surface area (Å²) in [5.41, 5.74) is 1.97. The van der Waals surface area contributed by atoms with Gasteiger partial charge in [-0.2, -0.15) is 0 Å². The lowest BCUT2D eigenvalue weighted by Gasteiger charge is -2.34. The first-order valence-corrected chi connectivity index (χ1v) is 9.42. The monoisotopic (exact) mass is 363 g/mol. The summed E-state index contributed by atoms with van der Waals surface area (Å²) in [7, 11) is 1.83. The number of fused-ring (bicyclic) bond motifs is 1. The number of nitrogens with zero attached hydrogens (tertiary/aromatic N) is 4. The SMILES string of the molecule is CN=C(NCc1cn2ccccc2n1)N1CCC(Oc2ccccc2)CC1. The molecule has 3 heterocycles. The van der Waals surface area contributed by atoms with Gasteiger partial charge in [-0.15, -0.1) is 0 Å². The minimum atomic E-state index is 0.264. The molecule has 0 atom stereocenters. The van der Waals surface area contributed by atoms with Crippen molar-refractivity contribution in [2.45, 2.75) is 25.5 Å². The summed E-state index contributed by atoms with van der Waals surface area (Å²) < 4.78 is 8.11. The highest BCUT2D eigenvalue weighted by molar-refractivity contribution is 5.79. The number of aromatic nitrogens is 2. The molecule has 6 heteroatoms. The second-order valence-corrected chi connectivity index (χ2v) is 6.72.